The Hall–Kier alpha value is -0.610. The highest BCUT2D eigenvalue weighted by atomic mass is 32.2. The van der Waals surface area contributed by atoms with Gasteiger partial charge in [-0.15, -0.1) is 0 Å². The normalized spacial score (nSPS) is 13.1. The average Bonchev–Trinajstić information content (AvgIpc) is 2.15. The smallest absolute Gasteiger partial charge is 0.188 e. The van der Waals surface area contributed by atoms with Gasteiger partial charge in [-0.25, -0.2) is 9.97 Å². The van der Waals surface area contributed by atoms with Crippen LogP contribution in [0, 0.1) is 6.92 Å². The molecule has 0 fully saturated rings. The third kappa shape index (κ3) is 5.14. The molecule has 0 aliphatic heterocycles. The van der Waals surface area contributed by atoms with Crippen LogP contribution in [0.4, 0.5) is 0 Å². The minimum atomic E-state index is 0.495. The number of nitrogens with zero attached hydrogens (tertiary/aromatic N) is 2. The Kier molecular flexibility index (Phi) is 5.05. The summed E-state index contributed by atoms with van der Waals surface area (Å²) in [5, 5.41) is 4.77. The first-order valence-electron chi connectivity index (χ1n) is 5.27. The van der Waals surface area contributed by atoms with Crippen molar-refractivity contribution in [2.75, 3.05) is 6.54 Å². The molecular weight excluding hydrogens is 206 g/mol. The van der Waals surface area contributed by atoms with Gasteiger partial charge in [0.05, 0.1) is 0 Å². The zero-order valence-corrected chi connectivity index (χ0v) is 10.6. The number of thioether (sulfide) groups is 1. The molecule has 0 aliphatic rings. The van der Waals surface area contributed by atoms with Crippen molar-refractivity contribution in [3.05, 3.63) is 18.0 Å². The maximum atomic E-state index is 4.36. The zero-order chi connectivity index (χ0) is 11.3. The Balaban J connectivity index is 2.40. The van der Waals surface area contributed by atoms with Crippen molar-refractivity contribution in [3.8, 4) is 0 Å². The molecule has 15 heavy (non-hydrogen) atoms. The van der Waals surface area contributed by atoms with Crippen molar-refractivity contribution in [2.24, 2.45) is 0 Å². The predicted molar refractivity (Wildman–Crippen MR) is 65.2 cm³/mol. The Morgan fingerprint density at radius 2 is 2.13 bits per heavy atom. The van der Waals surface area contributed by atoms with Crippen LogP contribution in [0.3, 0.4) is 0 Å². The minimum absolute atomic E-state index is 0.495. The standard InChI is InChI=1S/C11H19N3S/c1-8(2)13-7-10(4)15-11-12-6-5-9(3)14-11/h5-6,8,10,13H,7H2,1-4H3. The van der Waals surface area contributed by atoms with Gasteiger partial charge < -0.3 is 5.32 Å². The van der Waals surface area contributed by atoms with Crippen molar-refractivity contribution in [1.29, 1.82) is 0 Å². The molecule has 0 aliphatic carbocycles. The monoisotopic (exact) mass is 225 g/mol. The fraction of sp³-hybridized carbons (Fsp3) is 0.636. The van der Waals surface area contributed by atoms with E-state index in [1.54, 1.807) is 11.8 Å². The van der Waals surface area contributed by atoms with Gasteiger partial charge in [0.2, 0.25) is 0 Å². The van der Waals surface area contributed by atoms with Gasteiger partial charge in [-0.3, -0.25) is 0 Å². The molecule has 1 unspecified atom stereocenters. The first-order chi connectivity index (χ1) is 7.08. The molecule has 84 valence electrons. The van der Waals surface area contributed by atoms with E-state index in [1.165, 1.54) is 0 Å². The summed E-state index contributed by atoms with van der Waals surface area (Å²) in [6.07, 6.45) is 1.81. The van der Waals surface area contributed by atoms with Crippen LogP contribution in [-0.4, -0.2) is 27.8 Å². The third-order valence-electron chi connectivity index (χ3n) is 1.89. The van der Waals surface area contributed by atoms with Crippen molar-refractivity contribution >= 4 is 11.8 Å². The second-order valence-corrected chi connectivity index (χ2v) is 5.38. The summed E-state index contributed by atoms with van der Waals surface area (Å²) in [6.45, 7) is 9.47. The second-order valence-electron chi connectivity index (χ2n) is 3.97. The van der Waals surface area contributed by atoms with E-state index in [1.807, 2.05) is 19.2 Å². The Bertz CT molecular complexity index is 302. The summed E-state index contributed by atoms with van der Waals surface area (Å²) in [7, 11) is 0. The summed E-state index contributed by atoms with van der Waals surface area (Å²) >= 11 is 1.72. The van der Waals surface area contributed by atoms with Gasteiger partial charge in [0, 0.05) is 29.7 Å². The van der Waals surface area contributed by atoms with Gasteiger partial charge >= 0.3 is 0 Å². The van der Waals surface area contributed by atoms with Crippen LogP contribution >= 0.6 is 11.8 Å². The highest BCUT2D eigenvalue weighted by Crippen LogP contribution is 2.18. The fourth-order valence-electron chi connectivity index (χ4n) is 1.11. The van der Waals surface area contributed by atoms with Crippen molar-refractivity contribution in [3.63, 3.8) is 0 Å². The number of aromatic nitrogens is 2. The minimum Gasteiger partial charge on any atom is -0.313 e. The molecule has 1 atom stereocenters. The van der Waals surface area contributed by atoms with E-state index < -0.39 is 0 Å². The van der Waals surface area contributed by atoms with E-state index in [0.717, 1.165) is 17.4 Å². The molecule has 1 heterocycles. The molecule has 0 radical (unpaired) electrons. The van der Waals surface area contributed by atoms with E-state index in [2.05, 4.69) is 36.1 Å². The van der Waals surface area contributed by atoms with Gasteiger partial charge in [0.25, 0.3) is 0 Å². The van der Waals surface area contributed by atoms with Crippen LogP contribution in [-0.2, 0) is 0 Å². The van der Waals surface area contributed by atoms with E-state index in [-0.39, 0.29) is 0 Å². The molecule has 0 amide bonds. The zero-order valence-electron chi connectivity index (χ0n) is 9.82. The van der Waals surface area contributed by atoms with E-state index in [0.29, 0.717) is 11.3 Å². The van der Waals surface area contributed by atoms with E-state index in [4.69, 9.17) is 0 Å². The molecule has 0 bridgehead atoms. The first-order valence-corrected chi connectivity index (χ1v) is 6.15. The van der Waals surface area contributed by atoms with Gasteiger partial charge in [-0.2, -0.15) is 0 Å². The lowest BCUT2D eigenvalue weighted by molar-refractivity contribution is 0.588. The number of rotatable bonds is 5. The van der Waals surface area contributed by atoms with Gasteiger partial charge in [-0.1, -0.05) is 32.5 Å². The molecule has 0 saturated heterocycles. The van der Waals surface area contributed by atoms with Crippen LogP contribution in [0.25, 0.3) is 0 Å². The van der Waals surface area contributed by atoms with Crippen molar-refractivity contribution in [1.82, 2.24) is 15.3 Å². The summed E-state index contributed by atoms with van der Waals surface area (Å²) in [4.78, 5) is 8.60. The molecule has 1 aromatic heterocycles. The van der Waals surface area contributed by atoms with Crippen LogP contribution in [0.15, 0.2) is 17.4 Å². The highest BCUT2D eigenvalue weighted by molar-refractivity contribution is 7.99. The SMILES string of the molecule is Cc1ccnc(SC(C)CNC(C)C)n1. The van der Waals surface area contributed by atoms with Crippen LogP contribution in [0.1, 0.15) is 26.5 Å². The molecule has 4 heteroatoms. The Morgan fingerprint density at radius 3 is 2.73 bits per heavy atom. The molecule has 3 nitrogen and oxygen atoms in total. The lowest BCUT2D eigenvalue weighted by atomic mass is 10.3. The first kappa shape index (κ1) is 12.5. The average molecular weight is 225 g/mol. The summed E-state index contributed by atoms with van der Waals surface area (Å²) in [6, 6.07) is 2.45. The molecule has 1 aromatic rings. The topological polar surface area (TPSA) is 37.8 Å². The summed E-state index contributed by atoms with van der Waals surface area (Å²) < 4.78 is 0. The lowest BCUT2D eigenvalue weighted by Gasteiger charge is -2.13. The van der Waals surface area contributed by atoms with Crippen molar-refractivity contribution < 1.29 is 0 Å². The maximum absolute atomic E-state index is 4.36. The van der Waals surface area contributed by atoms with E-state index >= 15 is 0 Å². The molecule has 1 N–H and O–H groups in total. The number of aryl methyl sites for hydroxylation is 1. The number of nitrogens with one attached hydrogen (secondary N) is 1. The van der Waals surface area contributed by atoms with Crippen molar-refractivity contribution in [2.45, 2.75) is 44.1 Å². The Labute approximate surface area is 96.1 Å². The second kappa shape index (κ2) is 6.08. The number of hydrogen-bond acceptors (Lipinski definition) is 4. The largest absolute Gasteiger partial charge is 0.313 e. The Morgan fingerprint density at radius 1 is 1.40 bits per heavy atom. The van der Waals surface area contributed by atoms with Crippen LogP contribution in [0.5, 0.6) is 0 Å². The third-order valence-corrected chi connectivity index (χ3v) is 2.87. The quantitative estimate of drug-likeness (QED) is 0.616. The fourth-order valence-corrected chi connectivity index (χ4v) is 1.96. The van der Waals surface area contributed by atoms with Crippen LogP contribution < -0.4 is 5.32 Å². The molecule has 0 spiro atoms. The summed E-state index contributed by atoms with van der Waals surface area (Å²) in [5.74, 6) is 0. The predicted octanol–water partition coefficient (Wildman–Crippen LogP) is 2.26. The number of hydrogen-bond donors (Lipinski definition) is 1. The highest BCUT2D eigenvalue weighted by Gasteiger charge is 2.06. The van der Waals surface area contributed by atoms with Gasteiger partial charge in [0.15, 0.2) is 5.16 Å². The van der Waals surface area contributed by atoms with Crippen LogP contribution in [0.2, 0.25) is 0 Å². The molecular formula is C11H19N3S. The molecule has 0 aromatic carbocycles. The van der Waals surface area contributed by atoms with Gasteiger partial charge in [0.1, 0.15) is 0 Å². The van der Waals surface area contributed by atoms with E-state index in [9.17, 15) is 0 Å². The van der Waals surface area contributed by atoms with Gasteiger partial charge in [-0.05, 0) is 13.0 Å². The maximum Gasteiger partial charge on any atom is 0.188 e. The molecule has 1 rings (SSSR count). The summed E-state index contributed by atoms with van der Waals surface area (Å²) in [5.41, 5.74) is 1.02. The lowest BCUT2D eigenvalue weighted by Crippen LogP contribution is -2.29. The molecule has 0 saturated carbocycles.